The molecular formula is C14H17FN2S. The van der Waals surface area contributed by atoms with Crippen LogP contribution in [0.2, 0.25) is 0 Å². The largest absolute Gasteiger partial charge is 0.313 e. The highest BCUT2D eigenvalue weighted by Gasteiger charge is 2.16. The number of thiazole rings is 1. The van der Waals surface area contributed by atoms with Crippen LogP contribution in [-0.2, 0) is 6.42 Å². The molecule has 4 heteroatoms. The smallest absolute Gasteiger partial charge is 0.128 e. The van der Waals surface area contributed by atoms with Crippen molar-refractivity contribution < 1.29 is 4.39 Å². The monoisotopic (exact) mass is 264 g/mol. The zero-order valence-electron chi connectivity index (χ0n) is 10.8. The van der Waals surface area contributed by atoms with Gasteiger partial charge in [-0.3, -0.25) is 0 Å². The number of aryl methyl sites for hydroxylation is 2. The SMILES string of the molecule is CNC(Cc1nc(C)cs1)c1ccc(C)cc1F. The van der Waals surface area contributed by atoms with E-state index in [9.17, 15) is 4.39 Å². The lowest BCUT2D eigenvalue weighted by molar-refractivity contribution is 0.532. The lowest BCUT2D eigenvalue weighted by Crippen LogP contribution is -2.20. The zero-order valence-corrected chi connectivity index (χ0v) is 11.6. The molecule has 0 spiro atoms. The van der Waals surface area contributed by atoms with Gasteiger partial charge in [-0.1, -0.05) is 12.1 Å². The molecule has 0 fully saturated rings. The van der Waals surface area contributed by atoms with Gasteiger partial charge in [0.2, 0.25) is 0 Å². The molecule has 0 saturated carbocycles. The molecule has 0 aliphatic rings. The van der Waals surface area contributed by atoms with Gasteiger partial charge in [-0.25, -0.2) is 9.37 Å². The zero-order chi connectivity index (χ0) is 13.1. The summed E-state index contributed by atoms with van der Waals surface area (Å²) in [7, 11) is 1.85. The first-order chi connectivity index (χ1) is 8.60. The van der Waals surface area contributed by atoms with Crippen molar-refractivity contribution in [2.45, 2.75) is 26.3 Å². The fraction of sp³-hybridized carbons (Fsp3) is 0.357. The third kappa shape index (κ3) is 2.94. The van der Waals surface area contributed by atoms with Crippen LogP contribution in [0.4, 0.5) is 4.39 Å². The van der Waals surface area contributed by atoms with Crippen LogP contribution in [0.25, 0.3) is 0 Å². The van der Waals surface area contributed by atoms with Gasteiger partial charge in [0.15, 0.2) is 0 Å². The summed E-state index contributed by atoms with van der Waals surface area (Å²) < 4.78 is 13.9. The number of nitrogens with zero attached hydrogens (tertiary/aromatic N) is 1. The quantitative estimate of drug-likeness (QED) is 0.915. The molecule has 0 aliphatic carbocycles. The number of aromatic nitrogens is 1. The van der Waals surface area contributed by atoms with Gasteiger partial charge in [0.25, 0.3) is 0 Å². The highest BCUT2D eigenvalue weighted by Crippen LogP contribution is 2.23. The molecule has 96 valence electrons. The fourth-order valence-corrected chi connectivity index (χ4v) is 2.77. The highest BCUT2D eigenvalue weighted by molar-refractivity contribution is 7.09. The summed E-state index contributed by atoms with van der Waals surface area (Å²) in [6.45, 7) is 3.87. The second-order valence-electron chi connectivity index (χ2n) is 4.45. The standard InChI is InChI=1S/C14H17FN2S/c1-9-4-5-11(12(15)6-9)13(16-3)7-14-17-10(2)8-18-14/h4-6,8,13,16H,7H2,1-3H3. The van der Waals surface area contributed by atoms with Crippen molar-refractivity contribution in [3.05, 3.63) is 51.2 Å². The Morgan fingerprint density at radius 2 is 2.17 bits per heavy atom. The van der Waals surface area contributed by atoms with E-state index in [0.717, 1.165) is 22.7 Å². The van der Waals surface area contributed by atoms with Gasteiger partial charge < -0.3 is 5.32 Å². The van der Waals surface area contributed by atoms with E-state index in [1.807, 2.05) is 38.4 Å². The third-order valence-corrected chi connectivity index (χ3v) is 3.91. The van der Waals surface area contributed by atoms with E-state index in [1.54, 1.807) is 17.4 Å². The number of nitrogens with one attached hydrogen (secondary N) is 1. The number of halogens is 1. The van der Waals surface area contributed by atoms with E-state index in [1.165, 1.54) is 0 Å². The molecule has 0 radical (unpaired) electrons. The minimum Gasteiger partial charge on any atom is -0.313 e. The third-order valence-electron chi connectivity index (χ3n) is 2.93. The number of benzene rings is 1. The number of rotatable bonds is 4. The summed E-state index contributed by atoms with van der Waals surface area (Å²) in [5.74, 6) is -0.150. The van der Waals surface area contributed by atoms with Crippen molar-refractivity contribution >= 4 is 11.3 Å². The first-order valence-corrected chi connectivity index (χ1v) is 6.82. The molecule has 2 aromatic rings. The van der Waals surface area contributed by atoms with Crippen LogP contribution in [0.5, 0.6) is 0 Å². The molecule has 1 unspecified atom stereocenters. The number of hydrogen-bond donors (Lipinski definition) is 1. The maximum Gasteiger partial charge on any atom is 0.128 e. The molecule has 0 saturated heterocycles. The van der Waals surface area contributed by atoms with Crippen molar-refractivity contribution in [3.63, 3.8) is 0 Å². The van der Waals surface area contributed by atoms with Crippen LogP contribution in [0.3, 0.4) is 0 Å². The number of likely N-dealkylation sites (N-methyl/N-ethyl adjacent to an activating group) is 1. The van der Waals surface area contributed by atoms with Gasteiger partial charge in [-0.05, 0) is 32.5 Å². The Bertz CT molecular complexity index is 536. The molecule has 0 aliphatic heterocycles. The summed E-state index contributed by atoms with van der Waals surface area (Å²) in [6, 6.07) is 5.34. The molecule has 2 rings (SSSR count). The Balaban J connectivity index is 2.22. The maximum absolute atomic E-state index is 13.9. The molecule has 2 nitrogen and oxygen atoms in total. The Morgan fingerprint density at radius 1 is 1.39 bits per heavy atom. The summed E-state index contributed by atoms with van der Waals surface area (Å²) in [5, 5.41) is 6.22. The second kappa shape index (κ2) is 5.59. The van der Waals surface area contributed by atoms with E-state index >= 15 is 0 Å². The minimum absolute atomic E-state index is 0.0313. The van der Waals surface area contributed by atoms with E-state index < -0.39 is 0 Å². The normalized spacial score (nSPS) is 12.7. The summed E-state index contributed by atoms with van der Waals surface area (Å²) in [6.07, 6.45) is 0.717. The predicted molar refractivity (Wildman–Crippen MR) is 73.5 cm³/mol. The van der Waals surface area contributed by atoms with Crippen LogP contribution < -0.4 is 5.32 Å². The van der Waals surface area contributed by atoms with E-state index in [0.29, 0.717) is 5.56 Å². The van der Waals surface area contributed by atoms with Crippen LogP contribution in [0.1, 0.15) is 27.9 Å². The van der Waals surface area contributed by atoms with Gasteiger partial charge in [-0.15, -0.1) is 11.3 Å². The molecule has 1 aromatic heterocycles. The van der Waals surface area contributed by atoms with Gasteiger partial charge in [-0.2, -0.15) is 0 Å². The molecule has 1 atom stereocenters. The molecule has 0 amide bonds. The molecular weight excluding hydrogens is 247 g/mol. The Morgan fingerprint density at radius 3 is 2.72 bits per heavy atom. The maximum atomic E-state index is 13.9. The number of hydrogen-bond acceptors (Lipinski definition) is 3. The molecule has 1 heterocycles. The van der Waals surface area contributed by atoms with Gasteiger partial charge in [0, 0.05) is 29.1 Å². The van der Waals surface area contributed by atoms with E-state index in [-0.39, 0.29) is 11.9 Å². The lowest BCUT2D eigenvalue weighted by atomic mass is 10.0. The second-order valence-corrected chi connectivity index (χ2v) is 5.40. The Labute approximate surface area is 111 Å². The van der Waals surface area contributed by atoms with Crippen molar-refractivity contribution in [2.75, 3.05) is 7.05 Å². The average molecular weight is 264 g/mol. The molecule has 1 N–H and O–H groups in total. The van der Waals surface area contributed by atoms with E-state index in [2.05, 4.69) is 10.3 Å². The summed E-state index contributed by atoms with van der Waals surface area (Å²) >= 11 is 1.62. The summed E-state index contributed by atoms with van der Waals surface area (Å²) in [5.41, 5.74) is 2.67. The first-order valence-electron chi connectivity index (χ1n) is 5.94. The first kappa shape index (κ1) is 13.2. The van der Waals surface area contributed by atoms with Crippen LogP contribution in [-0.4, -0.2) is 12.0 Å². The topological polar surface area (TPSA) is 24.9 Å². The van der Waals surface area contributed by atoms with E-state index in [4.69, 9.17) is 0 Å². The Kier molecular flexibility index (Phi) is 4.09. The van der Waals surface area contributed by atoms with Gasteiger partial charge >= 0.3 is 0 Å². The average Bonchev–Trinajstić information content (AvgIpc) is 2.72. The molecule has 18 heavy (non-hydrogen) atoms. The Hall–Kier alpha value is -1.26. The van der Waals surface area contributed by atoms with Crippen molar-refractivity contribution in [1.29, 1.82) is 0 Å². The molecule has 0 bridgehead atoms. The highest BCUT2D eigenvalue weighted by atomic mass is 32.1. The molecule has 1 aromatic carbocycles. The fourth-order valence-electron chi connectivity index (χ4n) is 1.95. The van der Waals surface area contributed by atoms with Crippen LogP contribution >= 0.6 is 11.3 Å². The van der Waals surface area contributed by atoms with Crippen molar-refractivity contribution in [3.8, 4) is 0 Å². The van der Waals surface area contributed by atoms with Crippen LogP contribution in [0, 0.1) is 19.7 Å². The lowest BCUT2D eigenvalue weighted by Gasteiger charge is -2.16. The minimum atomic E-state index is -0.150. The van der Waals surface area contributed by atoms with Crippen LogP contribution in [0.15, 0.2) is 23.6 Å². The van der Waals surface area contributed by atoms with Gasteiger partial charge in [0.05, 0.1) is 5.01 Å². The van der Waals surface area contributed by atoms with Crippen molar-refractivity contribution in [2.24, 2.45) is 0 Å². The summed E-state index contributed by atoms with van der Waals surface area (Å²) in [4.78, 5) is 4.43. The van der Waals surface area contributed by atoms with Gasteiger partial charge in [0.1, 0.15) is 5.82 Å². The predicted octanol–water partition coefficient (Wildman–Crippen LogP) is 3.40. The van der Waals surface area contributed by atoms with Crippen molar-refractivity contribution in [1.82, 2.24) is 10.3 Å².